The van der Waals surface area contributed by atoms with Gasteiger partial charge in [-0.3, -0.25) is 9.52 Å². The average Bonchev–Trinajstić information content (AvgIpc) is 3.02. The molecule has 1 amide bonds. The van der Waals surface area contributed by atoms with Crippen molar-refractivity contribution in [1.82, 2.24) is 4.72 Å². The molecule has 7 heteroatoms. The molecule has 1 saturated carbocycles. The van der Waals surface area contributed by atoms with Gasteiger partial charge in [-0.15, -0.1) is 0 Å². The maximum atomic E-state index is 13.2. The monoisotopic (exact) mass is 552 g/mol. The number of amides is 1. The zero-order valence-electron chi connectivity index (χ0n) is 21.9. The number of nitrogens with zero attached hydrogens (tertiary/aromatic N) is 1. The van der Waals surface area contributed by atoms with Crippen molar-refractivity contribution in [3.8, 4) is 5.75 Å². The Morgan fingerprint density at radius 1 is 1.08 bits per heavy atom. The number of aryl methyl sites for hydroxylation is 1. The Hall–Kier alpha value is -2.44. The molecule has 2 aliphatic heterocycles. The highest BCUT2D eigenvalue weighted by Crippen LogP contribution is 2.46. The molecule has 2 aromatic carbocycles. The number of rotatable bonds is 0. The average molecular weight is 553 g/mol. The third-order valence-electron chi connectivity index (χ3n) is 9.09. The van der Waals surface area contributed by atoms with Gasteiger partial charge in [0.1, 0.15) is 5.75 Å². The Labute approximate surface area is 231 Å². The van der Waals surface area contributed by atoms with Gasteiger partial charge in [0, 0.05) is 44.6 Å². The molecule has 5 nitrogen and oxygen atoms in total. The van der Waals surface area contributed by atoms with Crippen molar-refractivity contribution in [1.29, 1.82) is 0 Å². The number of hydrogen-bond donors (Lipinski definition) is 1. The number of benzene rings is 2. The summed E-state index contributed by atoms with van der Waals surface area (Å²) in [4.78, 5) is 15.7. The molecule has 1 unspecified atom stereocenters. The molecule has 2 aliphatic carbocycles. The van der Waals surface area contributed by atoms with E-state index in [1.54, 1.807) is 6.07 Å². The molecule has 2 aromatic rings. The van der Waals surface area contributed by atoms with Crippen molar-refractivity contribution in [2.75, 3.05) is 30.3 Å². The Kier molecular flexibility index (Phi) is 6.98. The number of carbonyl (C=O) groups is 1. The predicted octanol–water partition coefficient (Wildman–Crippen LogP) is 5.94. The number of halogens is 1. The van der Waals surface area contributed by atoms with Gasteiger partial charge < -0.3 is 9.64 Å². The standard InChI is InChI=1S/C31H37ClN2O3S/c1-38(36)16-5-3-2-4-7-22-9-10-25(22)19-34-20-31(15-6-8-23-17-26(32)12-13-27(23)31)21-37-29-14-11-24(18-28(29)34)30(35)33-38/h2-3,11-14,17-18,22,25H,1,4-10,15-16,19-21H2,(H,33,35,36)/b3-2+/t22-,25+,31+,38?/m1/s1. The largest absolute Gasteiger partial charge is 0.490 e. The Morgan fingerprint density at radius 3 is 2.76 bits per heavy atom. The summed E-state index contributed by atoms with van der Waals surface area (Å²) in [7, 11) is -2.72. The summed E-state index contributed by atoms with van der Waals surface area (Å²) in [5.74, 6) is 5.98. The van der Waals surface area contributed by atoms with E-state index in [2.05, 4.69) is 39.8 Å². The van der Waals surface area contributed by atoms with Gasteiger partial charge in [0.2, 0.25) is 0 Å². The molecule has 0 radical (unpaired) electrons. The van der Waals surface area contributed by atoms with Gasteiger partial charge in [0.25, 0.3) is 5.91 Å². The first-order valence-electron chi connectivity index (χ1n) is 13.9. The molecular formula is C31H37ClN2O3S. The lowest BCUT2D eigenvalue weighted by molar-refractivity contribution is 0.0982. The van der Waals surface area contributed by atoms with Gasteiger partial charge in [-0.05, 0) is 111 Å². The highest BCUT2D eigenvalue weighted by atomic mass is 35.5. The molecule has 4 aliphatic rings. The van der Waals surface area contributed by atoms with E-state index in [1.807, 2.05) is 18.2 Å². The maximum absolute atomic E-state index is 13.2. The van der Waals surface area contributed by atoms with E-state index in [0.717, 1.165) is 55.2 Å². The van der Waals surface area contributed by atoms with Crippen LogP contribution >= 0.6 is 11.6 Å². The van der Waals surface area contributed by atoms with Gasteiger partial charge in [-0.2, -0.15) is 0 Å². The molecule has 4 atom stereocenters. The van der Waals surface area contributed by atoms with E-state index in [0.29, 0.717) is 36.2 Å². The number of carbonyl (C=O) groups excluding carboxylic acids is 1. The fraction of sp³-hybridized carbons (Fsp3) is 0.484. The highest BCUT2D eigenvalue weighted by Gasteiger charge is 2.43. The van der Waals surface area contributed by atoms with Crippen molar-refractivity contribution in [3.63, 3.8) is 0 Å². The lowest BCUT2D eigenvalue weighted by atomic mass is 9.69. The minimum atomic E-state index is -2.72. The Morgan fingerprint density at radius 2 is 1.92 bits per heavy atom. The molecule has 1 N–H and O–H groups in total. The van der Waals surface area contributed by atoms with E-state index >= 15 is 0 Å². The van der Waals surface area contributed by atoms with Gasteiger partial charge in [-0.1, -0.05) is 29.8 Å². The van der Waals surface area contributed by atoms with Crippen molar-refractivity contribution < 1.29 is 13.7 Å². The summed E-state index contributed by atoms with van der Waals surface area (Å²) in [6.45, 7) is 2.39. The fourth-order valence-corrected chi connectivity index (χ4v) is 8.15. The van der Waals surface area contributed by atoms with E-state index in [9.17, 15) is 9.00 Å². The van der Waals surface area contributed by atoms with Crippen molar-refractivity contribution in [2.45, 2.75) is 56.8 Å². The lowest BCUT2D eigenvalue weighted by Gasteiger charge is -2.44. The van der Waals surface area contributed by atoms with Gasteiger partial charge in [-0.25, -0.2) is 4.21 Å². The molecule has 2 heterocycles. The maximum Gasteiger partial charge on any atom is 0.262 e. The first-order valence-corrected chi connectivity index (χ1v) is 16.2. The molecular weight excluding hydrogens is 516 g/mol. The zero-order valence-corrected chi connectivity index (χ0v) is 23.5. The van der Waals surface area contributed by atoms with Crippen LogP contribution in [0.3, 0.4) is 0 Å². The number of ether oxygens (including phenoxy) is 1. The van der Waals surface area contributed by atoms with Gasteiger partial charge >= 0.3 is 0 Å². The van der Waals surface area contributed by atoms with E-state index in [-0.39, 0.29) is 11.3 Å². The summed E-state index contributed by atoms with van der Waals surface area (Å²) in [6, 6.07) is 12.0. The predicted molar refractivity (Wildman–Crippen MR) is 157 cm³/mol. The molecule has 202 valence electrons. The lowest BCUT2D eigenvalue weighted by Crippen LogP contribution is -2.48. The van der Waals surface area contributed by atoms with Crippen molar-refractivity contribution in [2.24, 2.45) is 11.8 Å². The van der Waals surface area contributed by atoms with Crippen LogP contribution < -0.4 is 14.4 Å². The molecule has 38 heavy (non-hydrogen) atoms. The first kappa shape index (κ1) is 25.8. The number of anilines is 1. The molecule has 2 bridgehead atoms. The third kappa shape index (κ3) is 5.10. The van der Waals surface area contributed by atoms with Crippen LogP contribution in [-0.4, -0.2) is 41.4 Å². The fourth-order valence-electron chi connectivity index (χ4n) is 6.88. The van der Waals surface area contributed by atoms with Crippen LogP contribution in [0, 0.1) is 11.8 Å². The van der Waals surface area contributed by atoms with Crippen molar-refractivity contribution in [3.05, 3.63) is 70.3 Å². The minimum absolute atomic E-state index is 0.135. The van der Waals surface area contributed by atoms with Gasteiger partial charge in [0.15, 0.2) is 0 Å². The highest BCUT2D eigenvalue weighted by molar-refractivity contribution is 7.99. The minimum Gasteiger partial charge on any atom is -0.490 e. The van der Waals surface area contributed by atoms with Crippen LogP contribution in [0.15, 0.2) is 48.6 Å². The summed E-state index contributed by atoms with van der Waals surface area (Å²) >= 11 is 6.39. The van der Waals surface area contributed by atoms with Gasteiger partial charge in [0.05, 0.1) is 12.3 Å². The summed E-state index contributed by atoms with van der Waals surface area (Å²) in [5, 5.41) is 0.785. The first-order chi connectivity index (χ1) is 18.3. The smallest absolute Gasteiger partial charge is 0.262 e. The Bertz CT molecular complexity index is 1370. The SMILES string of the molecule is C=S1(=O)CC/C=C/CC[C@@H]2CC[C@H]2CN2C[C@@]3(CCCc4cc(Cl)ccc43)COc3ccc(cc32)C(=O)N1. The van der Waals surface area contributed by atoms with Crippen LogP contribution in [-0.2, 0) is 21.5 Å². The summed E-state index contributed by atoms with van der Waals surface area (Å²) < 4.78 is 22.3. The summed E-state index contributed by atoms with van der Waals surface area (Å²) in [6.07, 6.45) is 12.9. The molecule has 6 rings (SSSR count). The van der Waals surface area contributed by atoms with E-state index < -0.39 is 9.71 Å². The second kappa shape index (κ2) is 10.3. The third-order valence-corrected chi connectivity index (χ3v) is 10.8. The molecule has 0 saturated heterocycles. The second-order valence-corrected chi connectivity index (χ2v) is 14.3. The number of nitrogens with one attached hydrogen (secondary N) is 1. The molecule has 1 fully saturated rings. The van der Waals surface area contributed by atoms with Crippen LogP contribution in [0.5, 0.6) is 5.75 Å². The second-order valence-electron chi connectivity index (χ2n) is 11.7. The van der Waals surface area contributed by atoms with E-state index in [1.165, 1.54) is 30.4 Å². The normalized spacial score (nSPS) is 32.1. The zero-order chi connectivity index (χ0) is 26.3. The van der Waals surface area contributed by atoms with Crippen molar-refractivity contribution >= 4 is 38.8 Å². The van der Waals surface area contributed by atoms with Crippen LogP contribution in [0.1, 0.15) is 66.4 Å². The Balaban J connectivity index is 1.40. The van der Waals surface area contributed by atoms with Crippen LogP contribution in [0.25, 0.3) is 0 Å². The van der Waals surface area contributed by atoms with E-state index in [4.69, 9.17) is 16.3 Å². The molecule has 0 aromatic heterocycles. The quantitative estimate of drug-likeness (QED) is 0.324. The topological polar surface area (TPSA) is 58.6 Å². The number of fused-ring (bicyclic) bond motifs is 4. The summed E-state index contributed by atoms with van der Waals surface area (Å²) in [5.41, 5.74) is 3.99. The number of allylic oxidation sites excluding steroid dienone is 2. The van der Waals surface area contributed by atoms with Crippen LogP contribution in [0.4, 0.5) is 5.69 Å². The number of hydrogen-bond acceptors (Lipinski definition) is 4. The molecule has 1 spiro atoms. The van der Waals surface area contributed by atoms with Crippen LogP contribution in [0.2, 0.25) is 5.02 Å².